The van der Waals surface area contributed by atoms with Crippen LogP contribution in [0.1, 0.15) is 32.6 Å². The number of rotatable bonds is 3. The van der Waals surface area contributed by atoms with E-state index in [2.05, 4.69) is 0 Å². The maximum absolute atomic E-state index is 11.2. The highest BCUT2D eigenvalue weighted by atomic mass is 16.3. The number of carbonyl (C=O) groups is 1. The first kappa shape index (κ1) is 9.46. The Balaban J connectivity index is 2.60. The van der Waals surface area contributed by atoms with Crippen molar-refractivity contribution in [3.05, 3.63) is 11.6 Å². The van der Waals surface area contributed by atoms with E-state index >= 15 is 0 Å². The van der Waals surface area contributed by atoms with Gasteiger partial charge in [0.25, 0.3) is 0 Å². The number of aliphatic hydroxyl groups excluding tert-OH is 1. The first-order chi connectivity index (χ1) is 5.77. The van der Waals surface area contributed by atoms with E-state index in [0.717, 1.165) is 24.8 Å². The summed E-state index contributed by atoms with van der Waals surface area (Å²) < 4.78 is 0. The molecule has 2 heteroatoms. The van der Waals surface area contributed by atoms with Gasteiger partial charge in [-0.15, -0.1) is 0 Å². The highest BCUT2D eigenvalue weighted by Crippen LogP contribution is 2.23. The van der Waals surface area contributed by atoms with Crippen LogP contribution in [0.5, 0.6) is 0 Å². The number of ketones is 1. The van der Waals surface area contributed by atoms with Crippen LogP contribution in [0.15, 0.2) is 11.6 Å². The zero-order valence-electron chi connectivity index (χ0n) is 7.55. The van der Waals surface area contributed by atoms with Crippen LogP contribution in [0.2, 0.25) is 0 Å². The lowest BCUT2D eigenvalue weighted by Gasteiger charge is -2.18. The van der Waals surface area contributed by atoms with Crippen molar-refractivity contribution in [1.82, 2.24) is 0 Å². The van der Waals surface area contributed by atoms with Gasteiger partial charge in [0.05, 0.1) is 0 Å². The molecular formula is C10H16O2. The van der Waals surface area contributed by atoms with E-state index in [4.69, 9.17) is 5.11 Å². The molecule has 1 aliphatic carbocycles. The van der Waals surface area contributed by atoms with E-state index in [1.165, 1.54) is 0 Å². The summed E-state index contributed by atoms with van der Waals surface area (Å²) in [7, 11) is 0. The minimum atomic E-state index is 0.229. The molecule has 0 heterocycles. The van der Waals surface area contributed by atoms with Gasteiger partial charge < -0.3 is 5.11 Å². The quantitative estimate of drug-likeness (QED) is 0.696. The van der Waals surface area contributed by atoms with E-state index in [-0.39, 0.29) is 6.61 Å². The minimum Gasteiger partial charge on any atom is -0.396 e. The SMILES string of the molecule is CCC1=CC(CCO)CCC1=O. The van der Waals surface area contributed by atoms with Gasteiger partial charge >= 0.3 is 0 Å². The smallest absolute Gasteiger partial charge is 0.158 e. The fourth-order valence-electron chi connectivity index (χ4n) is 1.65. The number of Topliss-reactive ketones (excluding diaryl/α,β-unsaturated/α-hetero) is 1. The molecule has 68 valence electrons. The molecule has 0 fully saturated rings. The molecule has 1 aliphatic rings. The van der Waals surface area contributed by atoms with Gasteiger partial charge in [-0.05, 0) is 30.8 Å². The maximum atomic E-state index is 11.2. The number of allylic oxidation sites excluding steroid dienone is 2. The lowest BCUT2D eigenvalue weighted by Crippen LogP contribution is -2.14. The van der Waals surface area contributed by atoms with Gasteiger partial charge in [-0.3, -0.25) is 4.79 Å². The minimum absolute atomic E-state index is 0.229. The van der Waals surface area contributed by atoms with Crippen LogP contribution in [0.4, 0.5) is 0 Å². The predicted octanol–water partition coefficient (Wildman–Crippen LogP) is 1.68. The second-order valence-corrected chi connectivity index (χ2v) is 3.28. The Hall–Kier alpha value is -0.630. The molecule has 1 atom stereocenters. The third-order valence-corrected chi connectivity index (χ3v) is 2.42. The number of hydrogen-bond acceptors (Lipinski definition) is 2. The Morgan fingerprint density at radius 2 is 2.42 bits per heavy atom. The summed E-state index contributed by atoms with van der Waals surface area (Å²) in [5, 5.41) is 8.73. The summed E-state index contributed by atoms with van der Waals surface area (Å²) >= 11 is 0. The van der Waals surface area contributed by atoms with Crippen LogP contribution >= 0.6 is 0 Å². The predicted molar refractivity (Wildman–Crippen MR) is 47.8 cm³/mol. The van der Waals surface area contributed by atoms with E-state index in [1.807, 2.05) is 13.0 Å². The van der Waals surface area contributed by atoms with Crippen molar-refractivity contribution in [1.29, 1.82) is 0 Å². The summed E-state index contributed by atoms with van der Waals surface area (Å²) in [6.45, 7) is 2.23. The third kappa shape index (κ3) is 2.18. The Morgan fingerprint density at radius 1 is 1.67 bits per heavy atom. The molecule has 0 aliphatic heterocycles. The molecular weight excluding hydrogens is 152 g/mol. The molecule has 0 aromatic rings. The summed E-state index contributed by atoms with van der Waals surface area (Å²) in [4.78, 5) is 11.2. The second kappa shape index (κ2) is 4.41. The normalized spacial score (nSPS) is 24.0. The van der Waals surface area contributed by atoms with Crippen molar-refractivity contribution in [2.75, 3.05) is 6.61 Å². The summed E-state index contributed by atoms with van der Waals surface area (Å²) in [5.41, 5.74) is 0.958. The molecule has 0 saturated heterocycles. The van der Waals surface area contributed by atoms with Gasteiger partial charge in [0.2, 0.25) is 0 Å². The second-order valence-electron chi connectivity index (χ2n) is 3.28. The van der Waals surface area contributed by atoms with E-state index in [9.17, 15) is 4.79 Å². The Kier molecular flexibility index (Phi) is 3.48. The lowest BCUT2D eigenvalue weighted by molar-refractivity contribution is -0.116. The van der Waals surface area contributed by atoms with Crippen LogP contribution in [-0.4, -0.2) is 17.5 Å². The Bertz CT molecular complexity index is 194. The molecule has 1 rings (SSSR count). The van der Waals surface area contributed by atoms with Crippen molar-refractivity contribution in [2.45, 2.75) is 32.6 Å². The molecule has 12 heavy (non-hydrogen) atoms. The van der Waals surface area contributed by atoms with Gasteiger partial charge in [0.1, 0.15) is 0 Å². The van der Waals surface area contributed by atoms with E-state index in [0.29, 0.717) is 18.1 Å². The lowest BCUT2D eigenvalue weighted by atomic mass is 9.87. The molecule has 0 saturated carbocycles. The van der Waals surface area contributed by atoms with Gasteiger partial charge in [-0.1, -0.05) is 13.0 Å². The molecule has 0 radical (unpaired) electrons. The zero-order valence-corrected chi connectivity index (χ0v) is 7.55. The Labute approximate surface area is 73.3 Å². The number of aliphatic hydroxyl groups is 1. The third-order valence-electron chi connectivity index (χ3n) is 2.42. The van der Waals surface area contributed by atoms with Crippen LogP contribution < -0.4 is 0 Å². The van der Waals surface area contributed by atoms with Crippen molar-refractivity contribution >= 4 is 5.78 Å². The van der Waals surface area contributed by atoms with Crippen molar-refractivity contribution in [3.8, 4) is 0 Å². The zero-order chi connectivity index (χ0) is 8.97. The van der Waals surface area contributed by atoms with Crippen LogP contribution in [0, 0.1) is 5.92 Å². The van der Waals surface area contributed by atoms with Crippen LogP contribution in [0.25, 0.3) is 0 Å². The number of hydrogen-bond donors (Lipinski definition) is 1. The highest BCUT2D eigenvalue weighted by molar-refractivity contribution is 5.95. The monoisotopic (exact) mass is 168 g/mol. The van der Waals surface area contributed by atoms with Crippen LogP contribution in [0.3, 0.4) is 0 Å². The maximum Gasteiger partial charge on any atom is 0.158 e. The topological polar surface area (TPSA) is 37.3 Å². The molecule has 0 aromatic heterocycles. The molecule has 0 aromatic carbocycles. The average molecular weight is 168 g/mol. The molecule has 1 unspecified atom stereocenters. The van der Waals surface area contributed by atoms with Crippen molar-refractivity contribution in [3.63, 3.8) is 0 Å². The first-order valence-electron chi connectivity index (χ1n) is 4.62. The average Bonchev–Trinajstić information content (AvgIpc) is 2.09. The van der Waals surface area contributed by atoms with E-state index < -0.39 is 0 Å². The summed E-state index contributed by atoms with van der Waals surface area (Å²) in [6, 6.07) is 0. The van der Waals surface area contributed by atoms with Gasteiger partial charge in [0, 0.05) is 13.0 Å². The molecule has 0 spiro atoms. The standard InChI is InChI=1S/C10H16O2/c1-2-9-7-8(5-6-11)3-4-10(9)12/h7-8,11H,2-6H2,1H3. The van der Waals surface area contributed by atoms with Gasteiger partial charge in [-0.2, -0.15) is 0 Å². The first-order valence-corrected chi connectivity index (χ1v) is 4.62. The molecule has 2 nitrogen and oxygen atoms in total. The van der Waals surface area contributed by atoms with Gasteiger partial charge in [-0.25, -0.2) is 0 Å². The fourth-order valence-corrected chi connectivity index (χ4v) is 1.65. The highest BCUT2D eigenvalue weighted by Gasteiger charge is 2.18. The van der Waals surface area contributed by atoms with Crippen molar-refractivity contribution < 1.29 is 9.90 Å². The van der Waals surface area contributed by atoms with E-state index in [1.54, 1.807) is 0 Å². The summed E-state index contributed by atoms with van der Waals surface area (Å²) in [5.74, 6) is 0.731. The largest absolute Gasteiger partial charge is 0.396 e. The van der Waals surface area contributed by atoms with Gasteiger partial charge in [0.15, 0.2) is 5.78 Å². The Morgan fingerprint density at radius 3 is 3.00 bits per heavy atom. The molecule has 0 bridgehead atoms. The fraction of sp³-hybridized carbons (Fsp3) is 0.700. The van der Waals surface area contributed by atoms with Crippen LogP contribution in [-0.2, 0) is 4.79 Å². The molecule has 1 N–H and O–H groups in total. The molecule has 0 amide bonds. The summed E-state index contributed by atoms with van der Waals surface area (Å²) in [6.07, 6.45) is 5.27. The number of carbonyl (C=O) groups excluding carboxylic acids is 1. The van der Waals surface area contributed by atoms with Crippen molar-refractivity contribution in [2.24, 2.45) is 5.92 Å².